The molecule has 0 bridgehead atoms. The molecule has 1 aromatic heterocycles. The lowest BCUT2D eigenvalue weighted by molar-refractivity contribution is -0.385. The van der Waals surface area contributed by atoms with Gasteiger partial charge in [0.15, 0.2) is 0 Å². The Morgan fingerprint density at radius 2 is 2.20 bits per heavy atom. The Balaban J connectivity index is 2.13. The lowest BCUT2D eigenvalue weighted by Crippen LogP contribution is -2.21. The van der Waals surface area contributed by atoms with Gasteiger partial charge in [0.1, 0.15) is 0 Å². The number of nitro groups is 1. The van der Waals surface area contributed by atoms with E-state index in [1.54, 1.807) is 24.5 Å². The van der Waals surface area contributed by atoms with Crippen molar-refractivity contribution in [3.05, 3.63) is 58.2 Å². The van der Waals surface area contributed by atoms with Crippen molar-refractivity contribution in [1.82, 2.24) is 9.55 Å². The molecule has 0 amide bonds. The fourth-order valence-corrected chi connectivity index (χ4v) is 2.03. The zero-order valence-corrected chi connectivity index (χ0v) is 11.4. The van der Waals surface area contributed by atoms with E-state index >= 15 is 0 Å². The van der Waals surface area contributed by atoms with Gasteiger partial charge in [0.05, 0.1) is 23.5 Å². The number of hydrogen-bond donors (Lipinski definition) is 1. The van der Waals surface area contributed by atoms with Crippen molar-refractivity contribution in [1.29, 1.82) is 0 Å². The first-order chi connectivity index (χ1) is 9.60. The molecule has 0 fully saturated rings. The molecule has 2 N–H and O–H groups in total. The number of aromatic nitrogens is 2. The molecule has 0 saturated carbocycles. The van der Waals surface area contributed by atoms with Crippen LogP contribution in [0.25, 0.3) is 0 Å². The van der Waals surface area contributed by atoms with Gasteiger partial charge in [-0.25, -0.2) is 4.98 Å². The largest absolute Gasteiger partial charge is 0.333 e. The minimum Gasteiger partial charge on any atom is -0.333 e. The third-order valence-electron chi connectivity index (χ3n) is 3.22. The molecule has 6 heteroatoms. The van der Waals surface area contributed by atoms with E-state index in [-0.39, 0.29) is 16.7 Å². The van der Waals surface area contributed by atoms with Crippen LogP contribution < -0.4 is 5.73 Å². The lowest BCUT2D eigenvalue weighted by atomic mass is 10.1. The van der Waals surface area contributed by atoms with E-state index in [2.05, 4.69) is 4.98 Å². The first-order valence-electron chi connectivity index (χ1n) is 6.58. The zero-order valence-electron chi connectivity index (χ0n) is 11.4. The molecule has 0 aliphatic carbocycles. The van der Waals surface area contributed by atoms with Gasteiger partial charge < -0.3 is 10.3 Å². The fourth-order valence-electron chi connectivity index (χ4n) is 2.03. The van der Waals surface area contributed by atoms with Crippen LogP contribution in [0.15, 0.2) is 36.8 Å². The van der Waals surface area contributed by atoms with E-state index in [9.17, 15) is 10.1 Å². The number of nitro benzene ring substituents is 1. The number of rotatable bonds is 6. The van der Waals surface area contributed by atoms with E-state index in [4.69, 9.17) is 5.73 Å². The standard InChI is InChI=1S/C14H18N4O2/c1-2-12(15)7-13-9-17(10-16-13)8-11-5-3-4-6-14(11)18(19)20/h3-6,9-10,12H,2,7-8,15H2,1H3. The van der Waals surface area contributed by atoms with E-state index in [1.165, 1.54) is 6.07 Å². The highest BCUT2D eigenvalue weighted by atomic mass is 16.6. The lowest BCUT2D eigenvalue weighted by Gasteiger charge is -2.05. The number of benzene rings is 1. The van der Waals surface area contributed by atoms with Gasteiger partial charge >= 0.3 is 0 Å². The fraction of sp³-hybridized carbons (Fsp3) is 0.357. The molecule has 2 aromatic rings. The smallest absolute Gasteiger partial charge is 0.274 e. The van der Waals surface area contributed by atoms with Crippen LogP contribution in [-0.2, 0) is 13.0 Å². The maximum absolute atomic E-state index is 11.0. The second-order valence-corrected chi connectivity index (χ2v) is 4.80. The van der Waals surface area contributed by atoms with Crippen LogP contribution in [-0.4, -0.2) is 20.5 Å². The average molecular weight is 274 g/mol. The number of nitrogens with two attached hydrogens (primary N) is 1. The van der Waals surface area contributed by atoms with Gasteiger partial charge in [-0.15, -0.1) is 0 Å². The molecular weight excluding hydrogens is 256 g/mol. The van der Waals surface area contributed by atoms with Crippen molar-refractivity contribution >= 4 is 5.69 Å². The second-order valence-electron chi connectivity index (χ2n) is 4.80. The van der Waals surface area contributed by atoms with Crippen LogP contribution in [0, 0.1) is 10.1 Å². The molecule has 0 spiro atoms. The Kier molecular flexibility index (Phi) is 4.47. The van der Waals surface area contributed by atoms with Gasteiger partial charge in [0.25, 0.3) is 5.69 Å². The summed E-state index contributed by atoms with van der Waals surface area (Å²) >= 11 is 0. The van der Waals surface area contributed by atoms with E-state index in [0.717, 1.165) is 18.5 Å². The van der Waals surface area contributed by atoms with Crippen LogP contribution in [0.2, 0.25) is 0 Å². The van der Waals surface area contributed by atoms with Gasteiger partial charge in [-0.1, -0.05) is 25.1 Å². The molecule has 1 unspecified atom stereocenters. The van der Waals surface area contributed by atoms with Gasteiger partial charge in [0, 0.05) is 30.3 Å². The van der Waals surface area contributed by atoms with Crippen molar-refractivity contribution in [2.24, 2.45) is 5.73 Å². The first kappa shape index (κ1) is 14.2. The molecule has 6 nitrogen and oxygen atoms in total. The van der Waals surface area contributed by atoms with Crippen molar-refractivity contribution < 1.29 is 4.92 Å². The Bertz CT molecular complexity index is 594. The predicted octanol–water partition coefficient (Wildman–Crippen LogP) is 2.12. The Labute approximate surface area is 117 Å². The topological polar surface area (TPSA) is 87.0 Å². The molecule has 20 heavy (non-hydrogen) atoms. The highest BCUT2D eigenvalue weighted by molar-refractivity contribution is 5.39. The van der Waals surface area contributed by atoms with Crippen molar-refractivity contribution in [2.75, 3.05) is 0 Å². The molecule has 0 aliphatic rings. The van der Waals surface area contributed by atoms with E-state index < -0.39 is 0 Å². The Morgan fingerprint density at radius 3 is 2.90 bits per heavy atom. The minimum absolute atomic E-state index is 0.101. The molecular formula is C14H18N4O2. The molecule has 0 aliphatic heterocycles. The summed E-state index contributed by atoms with van der Waals surface area (Å²) in [4.78, 5) is 14.9. The molecule has 1 heterocycles. The third kappa shape index (κ3) is 3.42. The predicted molar refractivity (Wildman–Crippen MR) is 76.4 cm³/mol. The summed E-state index contributed by atoms with van der Waals surface area (Å²) in [7, 11) is 0. The normalized spacial score (nSPS) is 12.3. The summed E-state index contributed by atoms with van der Waals surface area (Å²) in [6.07, 6.45) is 5.21. The third-order valence-corrected chi connectivity index (χ3v) is 3.22. The molecule has 1 aromatic carbocycles. The number of nitrogens with zero attached hydrogens (tertiary/aromatic N) is 3. The molecule has 1 atom stereocenters. The second kappa shape index (κ2) is 6.29. The molecule has 106 valence electrons. The summed E-state index contributed by atoms with van der Waals surface area (Å²) in [5.74, 6) is 0. The monoisotopic (exact) mass is 274 g/mol. The summed E-state index contributed by atoms with van der Waals surface area (Å²) in [5.41, 5.74) is 7.61. The summed E-state index contributed by atoms with van der Waals surface area (Å²) in [6, 6.07) is 6.84. The SMILES string of the molecule is CCC(N)Cc1cn(Cc2ccccc2[N+](=O)[O-])cn1. The number of imidazole rings is 1. The van der Waals surface area contributed by atoms with Gasteiger partial charge in [-0.3, -0.25) is 10.1 Å². The van der Waals surface area contributed by atoms with Crippen LogP contribution in [0.3, 0.4) is 0 Å². The highest BCUT2D eigenvalue weighted by Gasteiger charge is 2.13. The number of para-hydroxylation sites is 1. The van der Waals surface area contributed by atoms with Crippen molar-refractivity contribution in [3.8, 4) is 0 Å². The molecule has 2 rings (SSSR count). The maximum Gasteiger partial charge on any atom is 0.274 e. The van der Waals surface area contributed by atoms with Gasteiger partial charge in [0.2, 0.25) is 0 Å². The quantitative estimate of drug-likeness (QED) is 0.645. The summed E-state index contributed by atoms with van der Waals surface area (Å²) in [6.45, 7) is 2.47. The van der Waals surface area contributed by atoms with Crippen LogP contribution in [0.4, 0.5) is 5.69 Å². The van der Waals surface area contributed by atoms with E-state index in [0.29, 0.717) is 12.1 Å². The number of hydrogen-bond acceptors (Lipinski definition) is 4. The van der Waals surface area contributed by atoms with Crippen molar-refractivity contribution in [2.45, 2.75) is 32.4 Å². The van der Waals surface area contributed by atoms with Gasteiger partial charge in [-0.05, 0) is 6.42 Å². The highest BCUT2D eigenvalue weighted by Crippen LogP contribution is 2.18. The molecule has 0 radical (unpaired) electrons. The summed E-state index contributed by atoms with van der Waals surface area (Å²) < 4.78 is 1.85. The Morgan fingerprint density at radius 1 is 1.45 bits per heavy atom. The van der Waals surface area contributed by atoms with Crippen LogP contribution in [0.1, 0.15) is 24.6 Å². The molecule has 0 saturated heterocycles. The van der Waals surface area contributed by atoms with Crippen LogP contribution in [0.5, 0.6) is 0 Å². The van der Waals surface area contributed by atoms with E-state index in [1.807, 2.05) is 17.7 Å². The summed E-state index contributed by atoms with van der Waals surface area (Å²) in [5, 5.41) is 11.0. The maximum atomic E-state index is 11.0. The first-order valence-corrected chi connectivity index (χ1v) is 6.58. The van der Waals surface area contributed by atoms with Gasteiger partial charge in [-0.2, -0.15) is 0 Å². The minimum atomic E-state index is -0.361. The average Bonchev–Trinajstić information content (AvgIpc) is 2.86. The zero-order chi connectivity index (χ0) is 14.5. The van der Waals surface area contributed by atoms with Crippen molar-refractivity contribution in [3.63, 3.8) is 0 Å². The van der Waals surface area contributed by atoms with Crippen LogP contribution >= 0.6 is 0 Å². The Hall–Kier alpha value is -2.21.